The molecule has 0 saturated heterocycles. The van der Waals surface area contributed by atoms with E-state index in [1.54, 1.807) is 4.68 Å². The van der Waals surface area contributed by atoms with E-state index in [-0.39, 0.29) is 0 Å². The second-order valence-corrected chi connectivity index (χ2v) is 7.14. The number of nitrogens with one attached hydrogen (secondary N) is 1. The Labute approximate surface area is 151 Å². The molecule has 1 aromatic heterocycles. The Kier molecular flexibility index (Phi) is 4.94. The van der Waals surface area contributed by atoms with Gasteiger partial charge in [0, 0.05) is 5.02 Å². The van der Waals surface area contributed by atoms with Crippen molar-refractivity contribution in [2.45, 2.75) is 45.1 Å². The fourth-order valence-corrected chi connectivity index (χ4v) is 3.45. The van der Waals surface area contributed by atoms with Gasteiger partial charge in [0.15, 0.2) is 5.82 Å². The molecule has 1 aromatic carbocycles. The summed E-state index contributed by atoms with van der Waals surface area (Å²) >= 11 is 6.26. The molecule has 0 bridgehead atoms. The normalized spacial score (nSPS) is 23.3. The van der Waals surface area contributed by atoms with Crippen LogP contribution >= 0.6 is 11.6 Å². The Morgan fingerprint density at radius 2 is 2.12 bits per heavy atom. The number of rotatable bonds is 3. The maximum absolute atomic E-state index is 12.0. The van der Waals surface area contributed by atoms with E-state index in [1.807, 2.05) is 25.1 Å². The van der Waals surface area contributed by atoms with Gasteiger partial charge in [-0.3, -0.25) is 0 Å². The summed E-state index contributed by atoms with van der Waals surface area (Å²) < 4.78 is 6.48. The van der Waals surface area contributed by atoms with Crippen LogP contribution in [0.15, 0.2) is 18.2 Å². The lowest BCUT2D eigenvalue weighted by Crippen LogP contribution is -2.49. The summed E-state index contributed by atoms with van der Waals surface area (Å²) in [6, 6.07) is 5.67. The van der Waals surface area contributed by atoms with Gasteiger partial charge >= 0.3 is 6.09 Å². The summed E-state index contributed by atoms with van der Waals surface area (Å²) in [5, 5.41) is 15.9. The van der Waals surface area contributed by atoms with Crippen molar-refractivity contribution in [3.8, 4) is 5.69 Å². The van der Waals surface area contributed by atoms with Crippen molar-refractivity contribution in [2.75, 3.05) is 7.11 Å². The van der Waals surface area contributed by atoms with Gasteiger partial charge in [0.05, 0.1) is 12.8 Å². The van der Waals surface area contributed by atoms with Crippen LogP contribution in [0.3, 0.4) is 0 Å². The molecule has 1 N–H and O–H groups in total. The van der Waals surface area contributed by atoms with Gasteiger partial charge in [-0.2, -0.15) is 4.68 Å². The molecule has 7 nitrogen and oxygen atoms in total. The number of aryl methyl sites for hydroxylation is 1. The van der Waals surface area contributed by atoms with Crippen LogP contribution in [0.5, 0.6) is 0 Å². The van der Waals surface area contributed by atoms with Crippen molar-refractivity contribution in [1.29, 1.82) is 0 Å². The van der Waals surface area contributed by atoms with E-state index >= 15 is 0 Å². The average molecular weight is 364 g/mol. The molecule has 0 unspecified atom stereocenters. The van der Waals surface area contributed by atoms with Crippen molar-refractivity contribution >= 4 is 17.7 Å². The quantitative estimate of drug-likeness (QED) is 0.903. The summed E-state index contributed by atoms with van der Waals surface area (Å²) in [4.78, 5) is 12.0. The van der Waals surface area contributed by atoms with E-state index in [0.29, 0.717) is 16.8 Å². The van der Waals surface area contributed by atoms with Crippen LogP contribution in [0.25, 0.3) is 5.69 Å². The van der Waals surface area contributed by atoms with Crippen LogP contribution < -0.4 is 5.32 Å². The molecule has 134 valence electrons. The van der Waals surface area contributed by atoms with E-state index in [2.05, 4.69) is 27.8 Å². The highest BCUT2D eigenvalue weighted by Gasteiger charge is 2.42. The fraction of sp³-hybridized carbons (Fsp3) is 0.529. The van der Waals surface area contributed by atoms with Gasteiger partial charge in [0.25, 0.3) is 0 Å². The first kappa shape index (κ1) is 17.7. The topological polar surface area (TPSA) is 81.9 Å². The number of aromatic nitrogens is 4. The summed E-state index contributed by atoms with van der Waals surface area (Å²) in [7, 11) is 1.36. The number of tetrazole rings is 1. The number of carbonyl (C=O) groups is 1. The Hall–Kier alpha value is -2.15. The highest BCUT2D eigenvalue weighted by Crippen LogP contribution is 2.39. The summed E-state index contributed by atoms with van der Waals surface area (Å²) in [5.74, 6) is 1.20. The molecular formula is C17H22ClN5O2. The van der Waals surface area contributed by atoms with Crippen LogP contribution in [-0.4, -0.2) is 33.4 Å². The van der Waals surface area contributed by atoms with Crippen LogP contribution in [0.4, 0.5) is 4.79 Å². The standard InChI is InChI=1S/C17H22ClN5O2/c1-11-6-8-17(9-7-11,19-16(24)25-3)15-20-21-22-23(15)13-5-4-12(2)14(18)10-13/h4-5,10-11H,6-9H2,1-3H3,(H,19,24). The SMILES string of the molecule is COC(=O)NC1(c2nnnn2-c2ccc(C)c(Cl)c2)CCC(C)CC1. The molecule has 1 heterocycles. The van der Waals surface area contributed by atoms with Gasteiger partial charge in [0.1, 0.15) is 5.54 Å². The molecule has 1 amide bonds. The molecule has 3 rings (SSSR count). The molecule has 2 aromatic rings. The number of halogens is 1. The number of benzene rings is 1. The number of ether oxygens (including phenoxy) is 1. The molecular weight excluding hydrogens is 342 g/mol. The Bertz CT molecular complexity index is 768. The van der Waals surface area contributed by atoms with Crippen LogP contribution in [-0.2, 0) is 10.3 Å². The van der Waals surface area contributed by atoms with Gasteiger partial charge in [-0.25, -0.2) is 4.79 Å². The number of hydrogen-bond donors (Lipinski definition) is 1. The molecule has 0 spiro atoms. The molecule has 0 radical (unpaired) electrons. The Morgan fingerprint density at radius 3 is 2.76 bits per heavy atom. The molecule has 0 aliphatic heterocycles. The largest absolute Gasteiger partial charge is 0.453 e. The van der Waals surface area contributed by atoms with Gasteiger partial charge in [-0.1, -0.05) is 24.6 Å². The van der Waals surface area contributed by atoms with Gasteiger partial charge in [-0.15, -0.1) is 5.10 Å². The maximum Gasteiger partial charge on any atom is 0.407 e. The van der Waals surface area contributed by atoms with Gasteiger partial charge in [-0.05, 0) is 66.6 Å². The van der Waals surface area contributed by atoms with Crippen molar-refractivity contribution in [1.82, 2.24) is 25.5 Å². The molecule has 8 heteroatoms. The number of alkyl carbamates (subject to hydrolysis) is 1. The van der Waals surface area contributed by atoms with Crippen LogP contribution in [0.1, 0.15) is 44.0 Å². The Balaban J connectivity index is 2.04. The molecule has 1 saturated carbocycles. The summed E-state index contributed by atoms with van der Waals surface area (Å²) in [5.41, 5.74) is 1.09. The number of methoxy groups -OCH3 is 1. The minimum Gasteiger partial charge on any atom is -0.453 e. The van der Waals surface area contributed by atoms with Gasteiger partial charge in [0.2, 0.25) is 0 Å². The zero-order valence-corrected chi connectivity index (χ0v) is 15.4. The van der Waals surface area contributed by atoms with Crippen molar-refractivity contribution in [2.24, 2.45) is 5.92 Å². The fourth-order valence-electron chi connectivity index (χ4n) is 3.28. The smallest absolute Gasteiger partial charge is 0.407 e. The highest BCUT2D eigenvalue weighted by molar-refractivity contribution is 6.31. The van der Waals surface area contributed by atoms with Crippen molar-refractivity contribution in [3.63, 3.8) is 0 Å². The second-order valence-electron chi connectivity index (χ2n) is 6.73. The first-order valence-electron chi connectivity index (χ1n) is 8.37. The third-order valence-electron chi connectivity index (χ3n) is 4.95. The van der Waals surface area contributed by atoms with Crippen LogP contribution in [0.2, 0.25) is 5.02 Å². The molecule has 0 atom stereocenters. The lowest BCUT2D eigenvalue weighted by atomic mass is 9.76. The maximum atomic E-state index is 12.0. The van der Waals surface area contributed by atoms with E-state index in [9.17, 15) is 4.79 Å². The molecule has 1 aliphatic carbocycles. The minimum absolute atomic E-state index is 0.481. The third kappa shape index (κ3) is 3.46. The van der Waals surface area contributed by atoms with E-state index in [0.717, 1.165) is 36.9 Å². The minimum atomic E-state index is -0.652. The number of amides is 1. The van der Waals surface area contributed by atoms with Gasteiger partial charge < -0.3 is 10.1 Å². The molecule has 1 aliphatic rings. The second kappa shape index (κ2) is 7.00. The monoisotopic (exact) mass is 363 g/mol. The third-order valence-corrected chi connectivity index (χ3v) is 5.36. The predicted octanol–water partition coefficient (Wildman–Crippen LogP) is 3.39. The first-order chi connectivity index (χ1) is 11.9. The summed E-state index contributed by atoms with van der Waals surface area (Å²) in [6.45, 7) is 4.15. The van der Waals surface area contributed by atoms with E-state index in [4.69, 9.17) is 16.3 Å². The first-order valence-corrected chi connectivity index (χ1v) is 8.74. The zero-order valence-electron chi connectivity index (χ0n) is 14.6. The van der Waals surface area contributed by atoms with Crippen LogP contribution in [0, 0.1) is 12.8 Å². The Morgan fingerprint density at radius 1 is 1.40 bits per heavy atom. The average Bonchev–Trinajstić information content (AvgIpc) is 3.10. The molecule has 1 fully saturated rings. The zero-order chi connectivity index (χ0) is 18.0. The summed E-state index contributed by atoms with van der Waals surface area (Å²) in [6.07, 6.45) is 2.98. The highest BCUT2D eigenvalue weighted by atomic mass is 35.5. The number of hydrogen-bond acceptors (Lipinski definition) is 5. The molecule has 25 heavy (non-hydrogen) atoms. The van der Waals surface area contributed by atoms with E-state index in [1.165, 1.54) is 7.11 Å². The van der Waals surface area contributed by atoms with Crippen molar-refractivity contribution in [3.05, 3.63) is 34.6 Å². The lowest BCUT2D eigenvalue weighted by molar-refractivity contribution is 0.130. The lowest BCUT2D eigenvalue weighted by Gasteiger charge is -2.38. The van der Waals surface area contributed by atoms with Crippen molar-refractivity contribution < 1.29 is 9.53 Å². The number of carbonyl (C=O) groups excluding carboxylic acids is 1. The predicted molar refractivity (Wildman–Crippen MR) is 93.8 cm³/mol. The number of nitrogens with zero attached hydrogens (tertiary/aromatic N) is 4. The van der Waals surface area contributed by atoms with E-state index < -0.39 is 11.6 Å².